The molecule has 102 valence electrons. The van der Waals surface area contributed by atoms with E-state index in [-0.39, 0.29) is 0 Å². The van der Waals surface area contributed by atoms with Gasteiger partial charge in [0.1, 0.15) is 17.5 Å². The van der Waals surface area contributed by atoms with Crippen LogP contribution in [0.5, 0.6) is 0 Å². The summed E-state index contributed by atoms with van der Waals surface area (Å²) < 4.78 is 5.38. The first-order valence-corrected chi connectivity index (χ1v) is 7.43. The molecule has 1 aromatic rings. The maximum Gasteiger partial charge on any atom is 0.157 e. The maximum absolute atomic E-state index is 5.38. The number of ether oxygens (including phenoxy) is 1. The van der Waals surface area contributed by atoms with Gasteiger partial charge in [-0.05, 0) is 20.3 Å². The third-order valence-electron chi connectivity index (χ3n) is 2.44. The van der Waals surface area contributed by atoms with Gasteiger partial charge in [-0.2, -0.15) is 0 Å². The predicted octanol–water partition coefficient (Wildman–Crippen LogP) is 3.34. The van der Waals surface area contributed by atoms with E-state index in [0.29, 0.717) is 18.5 Å². The molecule has 0 radical (unpaired) electrons. The molecule has 0 aliphatic rings. The lowest BCUT2D eigenvalue weighted by atomic mass is 10.4. The second-order valence-corrected chi connectivity index (χ2v) is 5.47. The van der Waals surface area contributed by atoms with Crippen LogP contribution in [0.25, 0.3) is 0 Å². The van der Waals surface area contributed by atoms with Gasteiger partial charge in [0.15, 0.2) is 5.82 Å². The molecular formula is C13H23N3OS. The molecule has 1 atom stereocenters. The van der Waals surface area contributed by atoms with Gasteiger partial charge in [-0.1, -0.05) is 13.8 Å². The second kappa shape index (κ2) is 8.32. The van der Waals surface area contributed by atoms with E-state index in [9.17, 15) is 0 Å². The number of hydrogen-bond donors (Lipinski definition) is 1. The van der Waals surface area contributed by atoms with Crippen molar-refractivity contribution in [1.29, 1.82) is 0 Å². The molecule has 0 saturated heterocycles. The third-order valence-corrected chi connectivity index (χ3v) is 3.63. The molecule has 1 aromatic heterocycles. The first-order chi connectivity index (χ1) is 8.69. The summed E-state index contributed by atoms with van der Waals surface area (Å²) in [5, 5.41) is 4.82. The smallest absolute Gasteiger partial charge is 0.157 e. The molecule has 0 bridgehead atoms. The van der Waals surface area contributed by atoms with Crippen LogP contribution in [0.15, 0.2) is 11.1 Å². The largest absolute Gasteiger partial charge is 0.374 e. The summed E-state index contributed by atoms with van der Waals surface area (Å²) in [6.45, 7) is 10.5. The Hall–Kier alpha value is -0.810. The minimum Gasteiger partial charge on any atom is -0.374 e. The van der Waals surface area contributed by atoms with Crippen molar-refractivity contribution in [2.24, 2.45) is 0 Å². The van der Waals surface area contributed by atoms with E-state index in [2.05, 4.69) is 36.1 Å². The summed E-state index contributed by atoms with van der Waals surface area (Å²) in [6.07, 6.45) is 1.13. The van der Waals surface area contributed by atoms with Crippen LogP contribution < -0.4 is 5.32 Å². The second-order valence-electron chi connectivity index (χ2n) is 4.01. The van der Waals surface area contributed by atoms with Gasteiger partial charge in [-0.15, -0.1) is 11.8 Å². The first kappa shape index (κ1) is 15.2. The van der Waals surface area contributed by atoms with Crippen LogP contribution in [0.4, 0.5) is 5.82 Å². The van der Waals surface area contributed by atoms with Crippen molar-refractivity contribution in [3.63, 3.8) is 0 Å². The number of thioether (sulfide) groups is 1. The van der Waals surface area contributed by atoms with E-state index >= 15 is 0 Å². The van der Waals surface area contributed by atoms with Gasteiger partial charge in [0.2, 0.25) is 0 Å². The van der Waals surface area contributed by atoms with Gasteiger partial charge in [-0.3, -0.25) is 0 Å². The van der Waals surface area contributed by atoms with Gasteiger partial charge < -0.3 is 10.1 Å². The Bertz CT molecular complexity index is 360. The number of hydrogen-bond acceptors (Lipinski definition) is 5. The van der Waals surface area contributed by atoms with Crippen molar-refractivity contribution in [3.8, 4) is 0 Å². The minimum atomic E-state index is 0.476. The summed E-state index contributed by atoms with van der Waals surface area (Å²) in [5.41, 5.74) is 0. The Balaban J connectivity index is 2.83. The zero-order valence-electron chi connectivity index (χ0n) is 11.7. The van der Waals surface area contributed by atoms with Crippen LogP contribution >= 0.6 is 11.8 Å². The lowest BCUT2D eigenvalue weighted by Gasteiger charge is -2.11. The van der Waals surface area contributed by atoms with Gasteiger partial charge in [0.25, 0.3) is 0 Å². The number of rotatable bonds is 8. The molecule has 0 aliphatic heterocycles. The van der Waals surface area contributed by atoms with E-state index in [0.717, 1.165) is 29.6 Å². The minimum absolute atomic E-state index is 0.476. The van der Waals surface area contributed by atoms with Gasteiger partial charge in [-0.25, -0.2) is 9.97 Å². The predicted molar refractivity (Wildman–Crippen MR) is 77.1 cm³/mol. The van der Waals surface area contributed by atoms with Gasteiger partial charge in [0, 0.05) is 24.5 Å². The van der Waals surface area contributed by atoms with Gasteiger partial charge >= 0.3 is 0 Å². The van der Waals surface area contributed by atoms with Crippen molar-refractivity contribution >= 4 is 17.6 Å². The Morgan fingerprint density at radius 1 is 1.33 bits per heavy atom. The van der Waals surface area contributed by atoms with Crippen LogP contribution in [-0.4, -0.2) is 28.4 Å². The highest BCUT2D eigenvalue weighted by molar-refractivity contribution is 7.99. The normalized spacial score (nSPS) is 12.4. The third kappa shape index (κ3) is 5.23. The molecule has 0 fully saturated rings. The number of nitrogens with one attached hydrogen (secondary N) is 1. The fourth-order valence-electron chi connectivity index (χ4n) is 1.35. The highest BCUT2D eigenvalue weighted by Crippen LogP contribution is 2.25. The van der Waals surface area contributed by atoms with Crippen molar-refractivity contribution < 1.29 is 4.74 Å². The number of anilines is 1. The fourth-order valence-corrected chi connectivity index (χ4v) is 2.27. The van der Waals surface area contributed by atoms with E-state index in [4.69, 9.17) is 4.74 Å². The highest BCUT2D eigenvalue weighted by atomic mass is 32.2. The zero-order chi connectivity index (χ0) is 13.4. The molecule has 18 heavy (non-hydrogen) atoms. The summed E-state index contributed by atoms with van der Waals surface area (Å²) in [5.74, 6) is 1.63. The van der Waals surface area contributed by atoms with E-state index in [1.807, 2.05) is 13.0 Å². The number of nitrogens with zero attached hydrogens (tertiary/aromatic N) is 2. The molecule has 1 rings (SSSR count). The first-order valence-electron chi connectivity index (χ1n) is 6.55. The number of aromatic nitrogens is 2. The van der Waals surface area contributed by atoms with Crippen LogP contribution in [-0.2, 0) is 11.3 Å². The van der Waals surface area contributed by atoms with Crippen molar-refractivity contribution in [1.82, 2.24) is 9.97 Å². The molecule has 0 aliphatic carbocycles. The molecule has 0 spiro atoms. The molecule has 1 unspecified atom stereocenters. The van der Waals surface area contributed by atoms with E-state index < -0.39 is 0 Å². The summed E-state index contributed by atoms with van der Waals surface area (Å²) in [7, 11) is 0. The van der Waals surface area contributed by atoms with E-state index in [1.54, 1.807) is 11.8 Å². The Morgan fingerprint density at radius 2 is 2.11 bits per heavy atom. The topological polar surface area (TPSA) is 47.0 Å². The van der Waals surface area contributed by atoms with Crippen molar-refractivity contribution in [2.75, 3.05) is 18.5 Å². The summed E-state index contributed by atoms with van der Waals surface area (Å²) in [4.78, 5) is 8.96. The lowest BCUT2D eigenvalue weighted by molar-refractivity contribution is 0.128. The van der Waals surface area contributed by atoms with Crippen molar-refractivity contribution in [2.45, 2.75) is 51.0 Å². The van der Waals surface area contributed by atoms with Crippen LogP contribution in [0, 0.1) is 0 Å². The average Bonchev–Trinajstić information content (AvgIpc) is 2.36. The van der Waals surface area contributed by atoms with Crippen LogP contribution in [0.2, 0.25) is 0 Å². The fraction of sp³-hybridized carbons (Fsp3) is 0.692. The molecule has 5 heteroatoms. The SMILES string of the molecule is CCNc1cc(SC(C)CC)nc(COCC)n1. The molecule has 0 aromatic carbocycles. The Labute approximate surface area is 114 Å². The average molecular weight is 269 g/mol. The molecule has 4 nitrogen and oxygen atoms in total. The standard InChI is InChI=1S/C13H23N3OS/c1-5-10(4)18-13-8-11(14-6-2)15-12(16-13)9-17-7-3/h8,10H,5-7,9H2,1-4H3,(H,14,15,16). The van der Waals surface area contributed by atoms with Crippen LogP contribution in [0.1, 0.15) is 39.9 Å². The molecule has 1 N–H and O–H groups in total. The molecule has 0 saturated carbocycles. The highest BCUT2D eigenvalue weighted by Gasteiger charge is 2.08. The molecule has 1 heterocycles. The quantitative estimate of drug-likeness (QED) is 0.579. The van der Waals surface area contributed by atoms with Gasteiger partial charge in [0.05, 0.1) is 0 Å². The Morgan fingerprint density at radius 3 is 2.72 bits per heavy atom. The summed E-state index contributed by atoms with van der Waals surface area (Å²) >= 11 is 1.78. The van der Waals surface area contributed by atoms with Crippen LogP contribution in [0.3, 0.4) is 0 Å². The molecule has 0 amide bonds. The summed E-state index contributed by atoms with van der Waals surface area (Å²) in [6, 6.07) is 2.01. The zero-order valence-corrected chi connectivity index (χ0v) is 12.5. The van der Waals surface area contributed by atoms with E-state index in [1.165, 1.54) is 0 Å². The van der Waals surface area contributed by atoms with Crippen molar-refractivity contribution in [3.05, 3.63) is 11.9 Å². The maximum atomic E-state index is 5.38. The lowest BCUT2D eigenvalue weighted by Crippen LogP contribution is -2.06. The Kier molecular flexibility index (Phi) is 7.05. The monoisotopic (exact) mass is 269 g/mol. The molecular weight excluding hydrogens is 246 g/mol.